The molecule has 1 rings (SSSR count). The normalized spacial score (nSPS) is 27.6. The van der Waals surface area contributed by atoms with Crippen LogP contribution in [0.25, 0.3) is 0 Å². The van der Waals surface area contributed by atoms with Crippen LogP contribution in [0.2, 0.25) is 0 Å². The minimum Gasteiger partial charge on any atom is -0.478 e. The van der Waals surface area contributed by atoms with Gasteiger partial charge in [0.1, 0.15) is 0 Å². The highest BCUT2D eigenvalue weighted by Crippen LogP contribution is 2.15. The molecule has 86 valence electrons. The summed E-state index contributed by atoms with van der Waals surface area (Å²) in [6.07, 6.45) is 1.15. The van der Waals surface area contributed by atoms with Gasteiger partial charge < -0.3 is 9.84 Å². The molecule has 1 saturated heterocycles. The smallest absolute Gasteiger partial charge is 0.332 e. The largest absolute Gasteiger partial charge is 0.478 e. The van der Waals surface area contributed by atoms with E-state index in [2.05, 4.69) is 18.4 Å². The van der Waals surface area contributed by atoms with E-state index in [1.807, 2.05) is 6.92 Å². The second-order valence-electron chi connectivity index (χ2n) is 4.04. The molecular formula is C11H19NO3. The van der Waals surface area contributed by atoms with Gasteiger partial charge in [0, 0.05) is 24.7 Å². The van der Waals surface area contributed by atoms with Gasteiger partial charge in [0.05, 0.1) is 12.7 Å². The highest BCUT2D eigenvalue weighted by Gasteiger charge is 2.26. The van der Waals surface area contributed by atoms with E-state index in [0.29, 0.717) is 19.2 Å². The second kappa shape index (κ2) is 5.28. The fourth-order valence-electron chi connectivity index (χ4n) is 1.80. The van der Waals surface area contributed by atoms with Crippen molar-refractivity contribution in [2.75, 3.05) is 19.7 Å². The van der Waals surface area contributed by atoms with Gasteiger partial charge in [-0.2, -0.15) is 0 Å². The molecule has 0 aliphatic carbocycles. The molecule has 0 saturated carbocycles. The maximum Gasteiger partial charge on any atom is 0.332 e. The average molecular weight is 213 g/mol. The Kier molecular flexibility index (Phi) is 4.29. The number of nitrogens with zero attached hydrogens (tertiary/aromatic N) is 1. The number of carbonyl (C=O) groups is 1. The van der Waals surface area contributed by atoms with Crippen LogP contribution in [0.4, 0.5) is 0 Å². The fourth-order valence-corrected chi connectivity index (χ4v) is 1.80. The summed E-state index contributed by atoms with van der Waals surface area (Å²) in [7, 11) is 0. The Hall–Kier alpha value is -0.870. The maximum atomic E-state index is 10.7. The fraction of sp³-hybridized carbons (Fsp3) is 0.727. The van der Waals surface area contributed by atoms with E-state index in [-0.39, 0.29) is 11.7 Å². The molecule has 4 nitrogen and oxygen atoms in total. The Morgan fingerprint density at radius 2 is 2.33 bits per heavy atom. The summed E-state index contributed by atoms with van der Waals surface area (Å²) in [6.45, 7) is 9.55. The summed E-state index contributed by atoms with van der Waals surface area (Å²) < 4.78 is 5.53. The molecule has 0 aromatic carbocycles. The van der Waals surface area contributed by atoms with E-state index in [1.165, 1.54) is 0 Å². The number of morpholine rings is 1. The topological polar surface area (TPSA) is 49.8 Å². The van der Waals surface area contributed by atoms with Gasteiger partial charge >= 0.3 is 5.97 Å². The Labute approximate surface area is 90.5 Å². The molecule has 1 heterocycles. The van der Waals surface area contributed by atoms with Crippen LogP contribution >= 0.6 is 0 Å². The summed E-state index contributed by atoms with van der Waals surface area (Å²) in [5.41, 5.74) is 0.252. The summed E-state index contributed by atoms with van der Waals surface area (Å²) >= 11 is 0. The number of carboxylic acid groups (broad SMARTS) is 1. The average Bonchev–Trinajstić information content (AvgIpc) is 2.18. The van der Waals surface area contributed by atoms with Gasteiger partial charge in [0.2, 0.25) is 0 Å². The quantitative estimate of drug-likeness (QED) is 0.711. The molecule has 15 heavy (non-hydrogen) atoms. The third-order valence-electron chi connectivity index (χ3n) is 2.75. The molecule has 0 aromatic rings. The zero-order valence-corrected chi connectivity index (χ0v) is 9.40. The number of rotatable bonds is 4. The first kappa shape index (κ1) is 12.2. The molecule has 0 radical (unpaired) electrons. The lowest BCUT2D eigenvalue weighted by Crippen LogP contribution is -2.49. The predicted octanol–water partition coefficient (Wildman–Crippen LogP) is 1.13. The molecule has 1 fully saturated rings. The summed E-state index contributed by atoms with van der Waals surface area (Å²) in [4.78, 5) is 12.8. The number of aliphatic carboxylic acids is 1. The van der Waals surface area contributed by atoms with E-state index < -0.39 is 5.97 Å². The molecule has 2 unspecified atom stereocenters. The van der Waals surface area contributed by atoms with E-state index >= 15 is 0 Å². The van der Waals surface area contributed by atoms with Gasteiger partial charge in [-0.25, -0.2) is 4.79 Å². The highest BCUT2D eigenvalue weighted by molar-refractivity contribution is 5.86. The second-order valence-corrected chi connectivity index (χ2v) is 4.04. The monoisotopic (exact) mass is 213 g/mol. The maximum absolute atomic E-state index is 10.7. The van der Waals surface area contributed by atoms with Crippen LogP contribution in [0.1, 0.15) is 20.3 Å². The third-order valence-corrected chi connectivity index (χ3v) is 2.75. The van der Waals surface area contributed by atoms with E-state index in [1.54, 1.807) is 0 Å². The Bertz CT molecular complexity index is 252. The first-order valence-electron chi connectivity index (χ1n) is 5.31. The van der Waals surface area contributed by atoms with E-state index in [4.69, 9.17) is 9.84 Å². The molecule has 1 aliphatic heterocycles. The van der Waals surface area contributed by atoms with Crippen molar-refractivity contribution in [3.8, 4) is 0 Å². The first-order chi connectivity index (χ1) is 7.04. The Morgan fingerprint density at radius 3 is 2.87 bits per heavy atom. The molecule has 1 aliphatic rings. The minimum atomic E-state index is -0.913. The van der Waals surface area contributed by atoms with Gasteiger partial charge in [-0.05, 0) is 13.3 Å². The van der Waals surface area contributed by atoms with Crippen LogP contribution in [0.5, 0.6) is 0 Å². The number of carboxylic acids is 1. The van der Waals surface area contributed by atoms with Crippen molar-refractivity contribution in [2.24, 2.45) is 0 Å². The third kappa shape index (κ3) is 3.32. The van der Waals surface area contributed by atoms with Crippen molar-refractivity contribution in [1.82, 2.24) is 4.90 Å². The predicted molar refractivity (Wildman–Crippen MR) is 57.8 cm³/mol. The van der Waals surface area contributed by atoms with Gasteiger partial charge in [-0.15, -0.1) is 0 Å². The lowest BCUT2D eigenvalue weighted by Gasteiger charge is -2.38. The molecular weight excluding hydrogens is 194 g/mol. The van der Waals surface area contributed by atoms with Crippen molar-refractivity contribution in [2.45, 2.75) is 32.4 Å². The van der Waals surface area contributed by atoms with Crippen LogP contribution in [-0.2, 0) is 9.53 Å². The Balaban J connectivity index is 2.55. The van der Waals surface area contributed by atoms with Crippen molar-refractivity contribution < 1.29 is 14.6 Å². The molecule has 4 heteroatoms. The summed E-state index contributed by atoms with van der Waals surface area (Å²) in [5.74, 6) is -0.913. The molecule has 1 N–H and O–H groups in total. The van der Waals surface area contributed by atoms with Crippen molar-refractivity contribution >= 4 is 5.97 Å². The van der Waals surface area contributed by atoms with E-state index in [0.717, 1.165) is 13.0 Å². The van der Waals surface area contributed by atoms with Crippen molar-refractivity contribution in [3.05, 3.63) is 12.2 Å². The number of hydrogen-bond donors (Lipinski definition) is 1. The van der Waals surface area contributed by atoms with Gasteiger partial charge in [-0.3, -0.25) is 4.90 Å². The van der Waals surface area contributed by atoms with Gasteiger partial charge in [0.15, 0.2) is 0 Å². The standard InChI is InChI=1S/C11H19NO3/c1-4-10-7-15-9(3)6-12(10)5-8(2)11(13)14/h9-10H,2,4-7H2,1,3H3,(H,13,14). The summed E-state index contributed by atoms with van der Waals surface area (Å²) in [6, 6.07) is 0.317. The molecule has 0 bridgehead atoms. The van der Waals surface area contributed by atoms with Gasteiger partial charge in [-0.1, -0.05) is 13.5 Å². The van der Waals surface area contributed by atoms with Crippen molar-refractivity contribution in [1.29, 1.82) is 0 Å². The number of hydrogen-bond acceptors (Lipinski definition) is 3. The molecule has 0 amide bonds. The molecule has 0 aromatic heterocycles. The first-order valence-corrected chi connectivity index (χ1v) is 5.31. The molecule has 2 atom stereocenters. The van der Waals surface area contributed by atoms with E-state index in [9.17, 15) is 4.79 Å². The highest BCUT2D eigenvalue weighted by atomic mass is 16.5. The SMILES string of the molecule is C=C(CN1CC(C)OCC1CC)C(=O)O. The lowest BCUT2D eigenvalue weighted by molar-refractivity contribution is -0.133. The summed E-state index contributed by atoms with van der Waals surface area (Å²) in [5, 5.41) is 8.78. The zero-order valence-electron chi connectivity index (χ0n) is 9.40. The molecule has 0 spiro atoms. The van der Waals surface area contributed by atoms with Gasteiger partial charge in [0.25, 0.3) is 0 Å². The Morgan fingerprint density at radius 1 is 1.67 bits per heavy atom. The minimum absolute atomic E-state index is 0.175. The van der Waals surface area contributed by atoms with Crippen molar-refractivity contribution in [3.63, 3.8) is 0 Å². The van der Waals surface area contributed by atoms with Crippen LogP contribution in [-0.4, -0.2) is 47.8 Å². The van der Waals surface area contributed by atoms with Crippen LogP contribution in [0, 0.1) is 0 Å². The van der Waals surface area contributed by atoms with Crippen LogP contribution in [0.15, 0.2) is 12.2 Å². The lowest BCUT2D eigenvalue weighted by atomic mass is 10.1. The van der Waals surface area contributed by atoms with Crippen LogP contribution < -0.4 is 0 Å². The van der Waals surface area contributed by atoms with Crippen LogP contribution in [0.3, 0.4) is 0 Å². The number of ether oxygens (including phenoxy) is 1. The zero-order chi connectivity index (χ0) is 11.4.